The van der Waals surface area contributed by atoms with E-state index in [4.69, 9.17) is 11.6 Å². The molecule has 0 unspecified atom stereocenters. The van der Waals surface area contributed by atoms with Crippen LogP contribution in [0, 0.1) is 0 Å². The molecule has 0 spiro atoms. The second-order valence-electron chi connectivity index (χ2n) is 6.45. The standard InChI is InChI=1S/C20H14ClN7OS/c21-14-4-1-3-13(9-14)11-27-12-23-20(26-27)25-19(29)15-10-24-28-16(6-7-22-18(15)28)17-5-2-8-30-17/h1-10,12H,11H2,(H,25,26,29). The Morgan fingerprint density at radius 1 is 1.17 bits per heavy atom. The first kappa shape index (κ1) is 18.5. The first-order valence-electron chi connectivity index (χ1n) is 8.99. The molecule has 5 aromatic rings. The van der Waals surface area contributed by atoms with Crippen LogP contribution in [-0.4, -0.2) is 35.3 Å². The van der Waals surface area contributed by atoms with Crippen molar-refractivity contribution in [2.75, 3.05) is 5.32 Å². The Balaban J connectivity index is 1.37. The minimum Gasteiger partial charge on any atom is -0.289 e. The van der Waals surface area contributed by atoms with Crippen LogP contribution in [0.1, 0.15) is 15.9 Å². The molecule has 148 valence electrons. The molecule has 0 atom stereocenters. The van der Waals surface area contributed by atoms with Gasteiger partial charge in [0.1, 0.15) is 11.9 Å². The molecule has 4 heterocycles. The lowest BCUT2D eigenvalue weighted by Crippen LogP contribution is -2.13. The normalized spacial score (nSPS) is 11.1. The van der Waals surface area contributed by atoms with Crippen molar-refractivity contribution in [1.29, 1.82) is 0 Å². The van der Waals surface area contributed by atoms with E-state index in [-0.39, 0.29) is 11.9 Å². The lowest BCUT2D eigenvalue weighted by molar-refractivity contribution is 0.102. The van der Waals surface area contributed by atoms with Crippen LogP contribution < -0.4 is 5.32 Å². The van der Waals surface area contributed by atoms with Gasteiger partial charge in [-0.1, -0.05) is 29.8 Å². The molecular weight excluding hydrogens is 422 g/mol. The Morgan fingerprint density at radius 3 is 2.93 bits per heavy atom. The van der Waals surface area contributed by atoms with Crippen LogP contribution in [0.2, 0.25) is 5.02 Å². The van der Waals surface area contributed by atoms with E-state index in [2.05, 4.69) is 25.5 Å². The van der Waals surface area contributed by atoms with Crippen LogP contribution in [-0.2, 0) is 6.54 Å². The number of aromatic nitrogens is 6. The van der Waals surface area contributed by atoms with Gasteiger partial charge < -0.3 is 0 Å². The lowest BCUT2D eigenvalue weighted by Gasteiger charge is -2.03. The first-order chi connectivity index (χ1) is 14.7. The second-order valence-corrected chi connectivity index (χ2v) is 7.83. The average molecular weight is 436 g/mol. The molecule has 4 aromatic heterocycles. The number of halogens is 1. The molecule has 0 aliphatic rings. The highest BCUT2D eigenvalue weighted by atomic mass is 35.5. The van der Waals surface area contributed by atoms with Crippen molar-refractivity contribution in [1.82, 2.24) is 29.4 Å². The fourth-order valence-corrected chi connectivity index (χ4v) is 4.03. The third kappa shape index (κ3) is 3.56. The number of carbonyl (C=O) groups is 1. The number of anilines is 1. The minimum absolute atomic E-state index is 0.204. The smallest absolute Gasteiger partial charge is 0.263 e. The fraction of sp³-hybridized carbons (Fsp3) is 0.0500. The zero-order valence-corrected chi connectivity index (χ0v) is 17.0. The SMILES string of the molecule is O=C(Nc1ncn(Cc2cccc(Cl)c2)n1)c1cnn2c(-c3cccs3)ccnc12. The maximum Gasteiger partial charge on any atom is 0.263 e. The summed E-state index contributed by atoms with van der Waals surface area (Å²) >= 11 is 7.61. The van der Waals surface area contributed by atoms with Gasteiger partial charge in [0.2, 0.25) is 5.95 Å². The first-order valence-corrected chi connectivity index (χ1v) is 10.2. The number of thiophene rings is 1. The van der Waals surface area contributed by atoms with Crippen molar-refractivity contribution in [3.63, 3.8) is 0 Å². The van der Waals surface area contributed by atoms with E-state index in [0.717, 1.165) is 16.1 Å². The molecule has 0 bridgehead atoms. The van der Waals surface area contributed by atoms with E-state index in [0.29, 0.717) is 22.8 Å². The van der Waals surface area contributed by atoms with Crippen molar-refractivity contribution < 1.29 is 4.79 Å². The summed E-state index contributed by atoms with van der Waals surface area (Å²) in [4.78, 5) is 22.3. The summed E-state index contributed by atoms with van der Waals surface area (Å²) in [5.74, 6) is -0.169. The third-order valence-corrected chi connectivity index (χ3v) is 5.54. The number of hydrogen-bond donors (Lipinski definition) is 1. The van der Waals surface area contributed by atoms with Crippen LogP contribution in [0.25, 0.3) is 16.2 Å². The number of hydrogen-bond acceptors (Lipinski definition) is 6. The van der Waals surface area contributed by atoms with E-state index >= 15 is 0 Å². The Labute approximate surface area is 179 Å². The summed E-state index contributed by atoms with van der Waals surface area (Å²) in [5.41, 5.74) is 2.67. The molecule has 8 nitrogen and oxygen atoms in total. The molecule has 0 saturated carbocycles. The maximum atomic E-state index is 12.8. The molecule has 1 N–H and O–H groups in total. The number of nitrogens with zero attached hydrogens (tertiary/aromatic N) is 6. The number of benzene rings is 1. The predicted molar refractivity (Wildman–Crippen MR) is 115 cm³/mol. The van der Waals surface area contributed by atoms with E-state index in [1.807, 2.05) is 47.8 Å². The van der Waals surface area contributed by atoms with Gasteiger partial charge in [0.15, 0.2) is 5.65 Å². The molecule has 10 heteroatoms. The molecule has 5 rings (SSSR count). The van der Waals surface area contributed by atoms with Crippen molar-refractivity contribution in [3.05, 3.63) is 82.7 Å². The Kier molecular flexibility index (Phi) is 4.74. The predicted octanol–water partition coefficient (Wildman–Crippen LogP) is 4.00. The van der Waals surface area contributed by atoms with Gasteiger partial charge in [-0.05, 0) is 35.2 Å². The monoisotopic (exact) mass is 435 g/mol. The summed E-state index contributed by atoms with van der Waals surface area (Å²) in [6.45, 7) is 0.492. The van der Waals surface area contributed by atoms with Gasteiger partial charge in [-0.15, -0.1) is 16.4 Å². The molecule has 0 fully saturated rings. The molecule has 0 aliphatic heterocycles. The molecular formula is C20H14ClN7OS. The maximum absolute atomic E-state index is 12.8. The topological polar surface area (TPSA) is 90.0 Å². The largest absolute Gasteiger partial charge is 0.289 e. The van der Waals surface area contributed by atoms with Gasteiger partial charge in [0.25, 0.3) is 5.91 Å². The lowest BCUT2D eigenvalue weighted by atomic mass is 10.2. The van der Waals surface area contributed by atoms with Crippen LogP contribution >= 0.6 is 22.9 Å². The van der Waals surface area contributed by atoms with Crippen LogP contribution in [0.5, 0.6) is 0 Å². The van der Waals surface area contributed by atoms with Crippen LogP contribution in [0.3, 0.4) is 0 Å². The summed E-state index contributed by atoms with van der Waals surface area (Å²) in [5, 5.41) is 14.0. The quantitative estimate of drug-likeness (QED) is 0.450. The summed E-state index contributed by atoms with van der Waals surface area (Å²) in [6, 6.07) is 13.3. The van der Waals surface area contributed by atoms with Gasteiger partial charge in [0.05, 0.1) is 23.3 Å². The van der Waals surface area contributed by atoms with E-state index < -0.39 is 0 Å². The highest BCUT2D eigenvalue weighted by Crippen LogP contribution is 2.25. The minimum atomic E-state index is -0.374. The summed E-state index contributed by atoms with van der Waals surface area (Å²) < 4.78 is 3.29. The molecule has 1 amide bonds. The number of nitrogens with one attached hydrogen (secondary N) is 1. The summed E-state index contributed by atoms with van der Waals surface area (Å²) in [6.07, 6.45) is 4.72. The second kappa shape index (κ2) is 7.69. The Hall–Kier alpha value is -3.56. The highest BCUT2D eigenvalue weighted by molar-refractivity contribution is 7.13. The Morgan fingerprint density at radius 2 is 2.10 bits per heavy atom. The zero-order chi connectivity index (χ0) is 20.5. The van der Waals surface area contributed by atoms with Gasteiger partial charge in [-0.2, -0.15) is 5.10 Å². The Bertz CT molecular complexity index is 1340. The van der Waals surface area contributed by atoms with E-state index in [1.54, 1.807) is 33.1 Å². The van der Waals surface area contributed by atoms with Gasteiger partial charge >= 0.3 is 0 Å². The van der Waals surface area contributed by atoms with Crippen molar-refractivity contribution in [2.24, 2.45) is 0 Å². The van der Waals surface area contributed by atoms with Gasteiger partial charge in [0, 0.05) is 11.2 Å². The van der Waals surface area contributed by atoms with E-state index in [9.17, 15) is 4.79 Å². The third-order valence-electron chi connectivity index (χ3n) is 4.41. The van der Waals surface area contributed by atoms with E-state index in [1.165, 1.54) is 6.20 Å². The number of fused-ring (bicyclic) bond motifs is 1. The van der Waals surface area contributed by atoms with Crippen molar-refractivity contribution in [2.45, 2.75) is 6.54 Å². The number of carbonyl (C=O) groups excluding carboxylic acids is 1. The van der Waals surface area contributed by atoms with Crippen molar-refractivity contribution >= 4 is 40.4 Å². The van der Waals surface area contributed by atoms with Crippen LogP contribution in [0.15, 0.2) is 66.6 Å². The van der Waals surface area contributed by atoms with Gasteiger partial charge in [-0.3, -0.25) is 10.1 Å². The highest BCUT2D eigenvalue weighted by Gasteiger charge is 2.18. The average Bonchev–Trinajstić information content (AvgIpc) is 3.49. The fourth-order valence-electron chi connectivity index (χ4n) is 3.08. The number of amides is 1. The van der Waals surface area contributed by atoms with Crippen molar-refractivity contribution in [3.8, 4) is 10.6 Å². The molecule has 0 aliphatic carbocycles. The zero-order valence-electron chi connectivity index (χ0n) is 15.4. The molecule has 30 heavy (non-hydrogen) atoms. The summed E-state index contributed by atoms with van der Waals surface area (Å²) in [7, 11) is 0. The molecule has 0 saturated heterocycles. The molecule has 0 radical (unpaired) electrons. The molecule has 1 aromatic carbocycles. The van der Waals surface area contributed by atoms with Gasteiger partial charge in [-0.25, -0.2) is 19.2 Å². The number of rotatable bonds is 5. The van der Waals surface area contributed by atoms with Crippen LogP contribution in [0.4, 0.5) is 5.95 Å².